The summed E-state index contributed by atoms with van der Waals surface area (Å²) < 4.78 is 0. The van der Waals surface area contributed by atoms with Crippen LogP contribution in [-0.2, 0) is 9.59 Å². The normalized spacial score (nSPS) is 32.8. The fourth-order valence-corrected chi connectivity index (χ4v) is 2.50. The second kappa shape index (κ2) is 5.04. The van der Waals surface area contributed by atoms with Crippen molar-refractivity contribution in [3.8, 4) is 0 Å². The van der Waals surface area contributed by atoms with Crippen LogP contribution >= 0.6 is 0 Å². The average Bonchev–Trinajstić information content (AvgIpc) is 2.27. The summed E-state index contributed by atoms with van der Waals surface area (Å²) in [6, 6.07) is 0.130. The van der Waals surface area contributed by atoms with Crippen molar-refractivity contribution >= 4 is 11.8 Å². The van der Waals surface area contributed by atoms with Crippen LogP contribution in [0.4, 0.5) is 0 Å². The lowest BCUT2D eigenvalue weighted by molar-refractivity contribution is -0.134. The minimum absolute atomic E-state index is 0.0350. The van der Waals surface area contributed by atoms with Gasteiger partial charge in [-0.3, -0.25) is 9.59 Å². The highest BCUT2D eigenvalue weighted by Gasteiger charge is 2.32. The maximum Gasteiger partial charge on any atom is 0.225 e. The molecule has 0 aromatic heterocycles. The van der Waals surface area contributed by atoms with Gasteiger partial charge in [-0.15, -0.1) is 0 Å². The Morgan fingerprint density at radius 2 is 2.06 bits per heavy atom. The minimum atomic E-state index is -0.250. The summed E-state index contributed by atoms with van der Waals surface area (Å²) in [5.74, 6) is -0.000177. The molecule has 17 heavy (non-hydrogen) atoms. The molecule has 2 amide bonds. The molecule has 1 aliphatic heterocycles. The van der Waals surface area contributed by atoms with E-state index in [0.717, 1.165) is 19.4 Å². The number of piperidine rings is 1. The van der Waals surface area contributed by atoms with Crippen LogP contribution in [0.5, 0.6) is 0 Å². The summed E-state index contributed by atoms with van der Waals surface area (Å²) in [6.45, 7) is 2.85. The first-order valence-corrected chi connectivity index (χ1v) is 6.30. The maximum atomic E-state index is 11.9. The van der Waals surface area contributed by atoms with Gasteiger partial charge in [0.05, 0.1) is 12.0 Å². The molecule has 1 saturated carbocycles. The monoisotopic (exact) mass is 240 g/mol. The number of aliphatic hydroxyl groups excluding tert-OH is 1. The Morgan fingerprint density at radius 1 is 1.35 bits per heavy atom. The number of carbonyl (C=O) groups excluding carboxylic acids is 2. The second-order valence-corrected chi connectivity index (χ2v) is 5.13. The molecule has 2 rings (SSSR count). The third-order valence-electron chi connectivity index (χ3n) is 3.70. The fraction of sp³-hybridized carbons (Fsp3) is 0.833. The highest BCUT2D eigenvalue weighted by Crippen LogP contribution is 2.22. The molecule has 1 aliphatic carbocycles. The van der Waals surface area contributed by atoms with Crippen molar-refractivity contribution in [3.63, 3.8) is 0 Å². The number of aliphatic hydroxyl groups is 1. The number of nitrogens with zero attached hydrogens (tertiary/aromatic N) is 1. The van der Waals surface area contributed by atoms with Crippen LogP contribution in [-0.4, -0.2) is 47.1 Å². The number of rotatable bonds is 2. The van der Waals surface area contributed by atoms with Crippen LogP contribution in [0, 0.1) is 5.92 Å². The Morgan fingerprint density at radius 3 is 2.65 bits per heavy atom. The number of carbonyl (C=O) groups is 2. The van der Waals surface area contributed by atoms with E-state index in [1.54, 1.807) is 11.8 Å². The van der Waals surface area contributed by atoms with Gasteiger partial charge in [-0.1, -0.05) is 0 Å². The van der Waals surface area contributed by atoms with Crippen LogP contribution in [0.25, 0.3) is 0 Å². The lowest BCUT2D eigenvalue weighted by atomic mass is 9.88. The number of hydrogen-bond donors (Lipinski definition) is 2. The number of likely N-dealkylation sites (tertiary alicyclic amines) is 1. The predicted molar refractivity (Wildman–Crippen MR) is 62.1 cm³/mol. The summed E-state index contributed by atoms with van der Waals surface area (Å²) in [4.78, 5) is 24.9. The van der Waals surface area contributed by atoms with Gasteiger partial charge in [-0.05, 0) is 25.7 Å². The lowest BCUT2D eigenvalue weighted by Crippen LogP contribution is -2.51. The van der Waals surface area contributed by atoms with E-state index in [1.165, 1.54) is 0 Å². The molecule has 1 unspecified atom stereocenters. The molecule has 0 spiro atoms. The van der Waals surface area contributed by atoms with E-state index in [-0.39, 0.29) is 29.9 Å². The molecule has 2 fully saturated rings. The molecule has 1 saturated heterocycles. The van der Waals surface area contributed by atoms with Crippen LogP contribution in [0.3, 0.4) is 0 Å². The summed E-state index contributed by atoms with van der Waals surface area (Å²) in [5, 5.41) is 12.1. The molecule has 1 heterocycles. The van der Waals surface area contributed by atoms with Gasteiger partial charge in [-0.2, -0.15) is 0 Å². The molecule has 5 heteroatoms. The van der Waals surface area contributed by atoms with Crippen LogP contribution in [0.2, 0.25) is 0 Å². The number of hydrogen-bond acceptors (Lipinski definition) is 3. The van der Waals surface area contributed by atoms with Crippen molar-refractivity contribution in [1.82, 2.24) is 10.2 Å². The van der Waals surface area contributed by atoms with Crippen molar-refractivity contribution in [2.45, 2.75) is 44.8 Å². The van der Waals surface area contributed by atoms with Crippen LogP contribution < -0.4 is 5.32 Å². The Kier molecular flexibility index (Phi) is 3.66. The Balaban J connectivity index is 1.80. The zero-order valence-electron chi connectivity index (χ0n) is 10.2. The van der Waals surface area contributed by atoms with Gasteiger partial charge in [-0.25, -0.2) is 0 Å². The van der Waals surface area contributed by atoms with Gasteiger partial charge in [0.15, 0.2) is 0 Å². The summed E-state index contributed by atoms with van der Waals surface area (Å²) in [6.07, 6.45) is 2.82. The third-order valence-corrected chi connectivity index (χ3v) is 3.70. The van der Waals surface area contributed by atoms with Gasteiger partial charge < -0.3 is 15.3 Å². The fourth-order valence-electron chi connectivity index (χ4n) is 2.50. The standard InChI is InChI=1S/C12H20N2O3/c1-8(15)14-4-2-3-9(7-14)12(17)13-10-5-11(16)6-10/h9-11,16H,2-7H2,1H3,(H,13,17). The van der Waals surface area contributed by atoms with Crippen molar-refractivity contribution in [3.05, 3.63) is 0 Å². The van der Waals surface area contributed by atoms with Crippen molar-refractivity contribution in [1.29, 1.82) is 0 Å². The van der Waals surface area contributed by atoms with E-state index >= 15 is 0 Å². The molecule has 1 atom stereocenters. The molecule has 5 nitrogen and oxygen atoms in total. The molecule has 2 N–H and O–H groups in total. The Labute approximate surface area is 101 Å². The summed E-state index contributed by atoms with van der Waals surface area (Å²) in [7, 11) is 0. The zero-order chi connectivity index (χ0) is 12.4. The largest absolute Gasteiger partial charge is 0.393 e. The Hall–Kier alpha value is -1.10. The summed E-state index contributed by atoms with van der Waals surface area (Å²) in [5.41, 5.74) is 0. The highest BCUT2D eigenvalue weighted by molar-refractivity contribution is 5.81. The van der Waals surface area contributed by atoms with Gasteiger partial charge >= 0.3 is 0 Å². The zero-order valence-corrected chi connectivity index (χ0v) is 10.2. The molecule has 2 aliphatic rings. The van der Waals surface area contributed by atoms with E-state index in [0.29, 0.717) is 19.4 Å². The quantitative estimate of drug-likeness (QED) is 0.707. The molecule has 0 radical (unpaired) electrons. The third kappa shape index (κ3) is 2.97. The lowest BCUT2D eigenvalue weighted by Gasteiger charge is -2.35. The Bertz CT molecular complexity index is 313. The van der Waals surface area contributed by atoms with E-state index in [4.69, 9.17) is 5.11 Å². The number of amides is 2. The SMILES string of the molecule is CC(=O)N1CCCC(C(=O)NC2CC(O)C2)C1. The summed E-state index contributed by atoms with van der Waals surface area (Å²) >= 11 is 0. The van der Waals surface area contributed by atoms with Crippen molar-refractivity contribution in [2.24, 2.45) is 5.92 Å². The maximum absolute atomic E-state index is 11.9. The van der Waals surface area contributed by atoms with E-state index in [9.17, 15) is 9.59 Å². The average molecular weight is 240 g/mol. The van der Waals surface area contributed by atoms with Gasteiger partial charge in [0, 0.05) is 26.1 Å². The second-order valence-electron chi connectivity index (χ2n) is 5.13. The molecule has 0 aromatic rings. The topological polar surface area (TPSA) is 69.6 Å². The molecular formula is C12H20N2O3. The van der Waals surface area contributed by atoms with E-state index in [2.05, 4.69) is 5.32 Å². The van der Waals surface area contributed by atoms with E-state index < -0.39 is 0 Å². The number of nitrogens with one attached hydrogen (secondary N) is 1. The molecular weight excluding hydrogens is 220 g/mol. The van der Waals surface area contributed by atoms with Crippen LogP contribution in [0.1, 0.15) is 32.6 Å². The van der Waals surface area contributed by atoms with Crippen molar-refractivity contribution in [2.75, 3.05) is 13.1 Å². The van der Waals surface area contributed by atoms with Gasteiger partial charge in [0.2, 0.25) is 11.8 Å². The van der Waals surface area contributed by atoms with E-state index in [1.807, 2.05) is 0 Å². The van der Waals surface area contributed by atoms with Gasteiger partial charge in [0.1, 0.15) is 0 Å². The molecule has 0 aromatic carbocycles. The van der Waals surface area contributed by atoms with Crippen LogP contribution in [0.15, 0.2) is 0 Å². The molecule has 96 valence electrons. The minimum Gasteiger partial charge on any atom is -0.393 e. The first-order chi connectivity index (χ1) is 8.06. The van der Waals surface area contributed by atoms with Crippen molar-refractivity contribution < 1.29 is 14.7 Å². The molecule has 0 bridgehead atoms. The van der Waals surface area contributed by atoms with Gasteiger partial charge in [0.25, 0.3) is 0 Å². The first-order valence-electron chi connectivity index (χ1n) is 6.30. The first kappa shape index (κ1) is 12.4. The smallest absolute Gasteiger partial charge is 0.225 e. The highest BCUT2D eigenvalue weighted by atomic mass is 16.3. The predicted octanol–water partition coefficient (Wildman–Crippen LogP) is -0.116.